The third-order valence-corrected chi connectivity index (χ3v) is 5.79. The molecule has 2 aliphatic heterocycles. The third-order valence-electron chi connectivity index (χ3n) is 4.72. The van der Waals surface area contributed by atoms with E-state index >= 15 is 0 Å². The van der Waals surface area contributed by atoms with Crippen LogP contribution >= 0.6 is 11.8 Å². The van der Waals surface area contributed by atoms with Crippen molar-refractivity contribution in [3.8, 4) is 17.2 Å². The standard InChI is InChI=1S/C23H18N2O3S/c1-26-18-10-7-16(8-11-18)23-25-21(17-9-12-19-20(13-17)28-14-27-19)24-22(29-23)15-5-3-2-4-6-15/h2-13,21H,14H2,1H3/t21-/m1/s1. The minimum absolute atomic E-state index is 0.248. The molecule has 5 nitrogen and oxygen atoms in total. The van der Waals surface area contributed by atoms with Gasteiger partial charge in [0.25, 0.3) is 0 Å². The van der Waals surface area contributed by atoms with E-state index in [1.807, 2.05) is 60.7 Å². The second-order valence-corrected chi connectivity index (χ2v) is 7.53. The first-order chi connectivity index (χ1) is 14.3. The molecule has 0 saturated carbocycles. The van der Waals surface area contributed by atoms with Crippen molar-refractivity contribution in [1.82, 2.24) is 0 Å². The van der Waals surface area contributed by atoms with Gasteiger partial charge in [0, 0.05) is 16.7 Å². The fourth-order valence-electron chi connectivity index (χ4n) is 3.20. The van der Waals surface area contributed by atoms with E-state index in [4.69, 9.17) is 24.2 Å². The van der Waals surface area contributed by atoms with Crippen LogP contribution in [-0.4, -0.2) is 24.0 Å². The predicted octanol–water partition coefficient (Wildman–Crippen LogP) is 5.06. The first kappa shape index (κ1) is 17.8. The molecule has 1 atom stereocenters. The minimum atomic E-state index is -0.349. The number of hydrogen-bond acceptors (Lipinski definition) is 6. The van der Waals surface area contributed by atoms with Gasteiger partial charge in [0.05, 0.1) is 7.11 Å². The molecule has 0 aromatic heterocycles. The molecule has 5 rings (SSSR count). The topological polar surface area (TPSA) is 52.4 Å². The number of ether oxygens (including phenoxy) is 3. The first-order valence-electron chi connectivity index (χ1n) is 9.23. The zero-order valence-corrected chi connectivity index (χ0v) is 16.6. The Balaban J connectivity index is 1.56. The van der Waals surface area contributed by atoms with E-state index in [9.17, 15) is 0 Å². The summed E-state index contributed by atoms with van der Waals surface area (Å²) in [7, 11) is 1.66. The lowest BCUT2D eigenvalue weighted by Crippen LogP contribution is -2.12. The van der Waals surface area contributed by atoms with E-state index in [1.54, 1.807) is 18.9 Å². The lowest BCUT2D eigenvalue weighted by Gasteiger charge is -2.20. The van der Waals surface area contributed by atoms with Crippen molar-refractivity contribution in [2.75, 3.05) is 13.9 Å². The van der Waals surface area contributed by atoms with Gasteiger partial charge in [0.15, 0.2) is 17.7 Å². The minimum Gasteiger partial charge on any atom is -0.497 e. The Morgan fingerprint density at radius 1 is 0.828 bits per heavy atom. The lowest BCUT2D eigenvalue weighted by atomic mass is 10.1. The lowest BCUT2D eigenvalue weighted by molar-refractivity contribution is 0.174. The van der Waals surface area contributed by atoms with E-state index in [-0.39, 0.29) is 13.0 Å². The van der Waals surface area contributed by atoms with Gasteiger partial charge in [0.1, 0.15) is 15.8 Å². The maximum Gasteiger partial charge on any atom is 0.231 e. The largest absolute Gasteiger partial charge is 0.497 e. The Hall–Kier alpha value is -3.25. The van der Waals surface area contributed by atoms with Crippen molar-refractivity contribution >= 4 is 21.8 Å². The molecule has 0 amide bonds. The summed E-state index contributed by atoms with van der Waals surface area (Å²) in [6, 6.07) is 24.0. The average Bonchev–Trinajstić information content (AvgIpc) is 3.27. The van der Waals surface area contributed by atoms with Crippen molar-refractivity contribution in [2.24, 2.45) is 9.98 Å². The molecule has 0 N–H and O–H groups in total. The zero-order valence-electron chi connectivity index (χ0n) is 15.7. The number of aliphatic imine (C=N–C) groups is 2. The summed E-state index contributed by atoms with van der Waals surface area (Å²) in [5, 5.41) is 1.86. The van der Waals surface area contributed by atoms with Crippen molar-refractivity contribution < 1.29 is 14.2 Å². The second-order valence-electron chi connectivity index (χ2n) is 6.55. The molecule has 3 aromatic carbocycles. The molecule has 2 heterocycles. The van der Waals surface area contributed by atoms with Crippen LogP contribution in [0.2, 0.25) is 0 Å². The van der Waals surface area contributed by atoms with Gasteiger partial charge < -0.3 is 14.2 Å². The molecule has 2 aliphatic rings. The van der Waals surface area contributed by atoms with Gasteiger partial charge in [0.2, 0.25) is 6.79 Å². The number of thioether (sulfide) groups is 1. The quantitative estimate of drug-likeness (QED) is 0.612. The van der Waals surface area contributed by atoms with Gasteiger partial charge in [-0.05, 0) is 48.2 Å². The molecule has 0 saturated heterocycles. The number of hydrogen-bond donors (Lipinski definition) is 0. The summed E-state index contributed by atoms with van der Waals surface area (Å²) in [6.45, 7) is 0.248. The van der Waals surface area contributed by atoms with Crippen LogP contribution in [0.1, 0.15) is 22.9 Å². The normalized spacial score (nSPS) is 17.5. The van der Waals surface area contributed by atoms with Crippen LogP contribution < -0.4 is 14.2 Å². The summed E-state index contributed by atoms with van der Waals surface area (Å²) in [4.78, 5) is 9.86. The molecule has 0 bridgehead atoms. The van der Waals surface area contributed by atoms with Crippen molar-refractivity contribution in [3.63, 3.8) is 0 Å². The van der Waals surface area contributed by atoms with Crippen LogP contribution in [0.5, 0.6) is 17.2 Å². The molecule has 6 heteroatoms. The number of methoxy groups -OCH3 is 1. The summed E-state index contributed by atoms with van der Waals surface area (Å²) in [5.41, 5.74) is 3.07. The fraction of sp³-hybridized carbons (Fsp3) is 0.130. The van der Waals surface area contributed by atoms with Crippen LogP contribution in [0.15, 0.2) is 82.8 Å². The number of fused-ring (bicyclic) bond motifs is 1. The first-order valence-corrected chi connectivity index (χ1v) is 10.0. The van der Waals surface area contributed by atoms with Crippen molar-refractivity contribution in [1.29, 1.82) is 0 Å². The van der Waals surface area contributed by atoms with Gasteiger partial charge in [-0.2, -0.15) is 0 Å². The SMILES string of the molecule is COc1ccc(C2=N[C@H](c3ccc4c(c3)OCO4)N=C(c3ccccc3)S2)cc1. The molecule has 29 heavy (non-hydrogen) atoms. The highest BCUT2D eigenvalue weighted by Gasteiger charge is 2.24. The fourth-order valence-corrected chi connectivity index (χ4v) is 4.20. The van der Waals surface area contributed by atoms with E-state index in [0.717, 1.165) is 44.0 Å². The molecule has 144 valence electrons. The summed E-state index contributed by atoms with van der Waals surface area (Å²) in [5.74, 6) is 2.31. The summed E-state index contributed by atoms with van der Waals surface area (Å²) >= 11 is 1.58. The Labute approximate surface area is 173 Å². The van der Waals surface area contributed by atoms with Crippen LogP contribution in [0.3, 0.4) is 0 Å². The Kier molecular flexibility index (Phi) is 4.69. The summed E-state index contributed by atoms with van der Waals surface area (Å²) in [6.07, 6.45) is -0.349. The van der Waals surface area contributed by atoms with Crippen LogP contribution in [0, 0.1) is 0 Å². The van der Waals surface area contributed by atoms with Crippen LogP contribution in [-0.2, 0) is 0 Å². The predicted molar refractivity (Wildman–Crippen MR) is 115 cm³/mol. The maximum absolute atomic E-state index is 5.54. The van der Waals surface area contributed by atoms with E-state index in [2.05, 4.69) is 12.1 Å². The van der Waals surface area contributed by atoms with E-state index < -0.39 is 0 Å². The Morgan fingerprint density at radius 2 is 1.52 bits per heavy atom. The van der Waals surface area contributed by atoms with Crippen molar-refractivity contribution in [2.45, 2.75) is 6.17 Å². The molecular weight excluding hydrogens is 384 g/mol. The average molecular weight is 402 g/mol. The van der Waals surface area contributed by atoms with E-state index in [1.165, 1.54) is 0 Å². The molecule has 0 radical (unpaired) electrons. The number of nitrogens with zero attached hydrogens (tertiary/aromatic N) is 2. The number of benzene rings is 3. The molecule has 0 fully saturated rings. The smallest absolute Gasteiger partial charge is 0.231 e. The van der Waals surface area contributed by atoms with E-state index in [0.29, 0.717) is 0 Å². The number of rotatable bonds is 4. The second kappa shape index (κ2) is 7.64. The van der Waals surface area contributed by atoms with Gasteiger partial charge in [-0.1, -0.05) is 36.4 Å². The van der Waals surface area contributed by atoms with Crippen LogP contribution in [0.25, 0.3) is 0 Å². The highest BCUT2D eigenvalue weighted by atomic mass is 32.2. The molecule has 0 aliphatic carbocycles. The van der Waals surface area contributed by atoms with Crippen molar-refractivity contribution in [3.05, 3.63) is 89.5 Å². The van der Waals surface area contributed by atoms with Gasteiger partial charge >= 0.3 is 0 Å². The van der Waals surface area contributed by atoms with Gasteiger partial charge in [-0.3, -0.25) is 0 Å². The molecule has 0 spiro atoms. The molecule has 0 unspecified atom stereocenters. The van der Waals surface area contributed by atoms with Gasteiger partial charge in [-0.15, -0.1) is 0 Å². The maximum atomic E-state index is 5.54. The highest BCUT2D eigenvalue weighted by molar-refractivity contribution is 8.27. The Morgan fingerprint density at radius 3 is 2.24 bits per heavy atom. The third kappa shape index (κ3) is 3.59. The van der Waals surface area contributed by atoms with Crippen LogP contribution in [0.4, 0.5) is 0 Å². The Bertz CT molecular complexity index is 1090. The highest BCUT2D eigenvalue weighted by Crippen LogP contribution is 2.38. The monoisotopic (exact) mass is 402 g/mol. The molecule has 3 aromatic rings. The summed E-state index contributed by atoms with van der Waals surface area (Å²) < 4.78 is 16.3. The van der Waals surface area contributed by atoms with Gasteiger partial charge in [-0.25, -0.2) is 9.98 Å². The zero-order chi connectivity index (χ0) is 19.6. The molecular formula is C23H18N2O3S.